The smallest absolute Gasteiger partial charge is 0.257 e. The van der Waals surface area contributed by atoms with Crippen LogP contribution in [0.4, 0.5) is 10.2 Å². The van der Waals surface area contributed by atoms with Crippen LogP contribution < -0.4 is 5.73 Å². The van der Waals surface area contributed by atoms with Gasteiger partial charge in [0.05, 0.1) is 17.9 Å². The summed E-state index contributed by atoms with van der Waals surface area (Å²) in [5.74, 6) is -0.402. The van der Waals surface area contributed by atoms with E-state index in [1.165, 1.54) is 0 Å². The molecule has 19 heavy (non-hydrogen) atoms. The van der Waals surface area contributed by atoms with E-state index in [4.69, 9.17) is 10.5 Å². The summed E-state index contributed by atoms with van der Waals surface area (Å²) in [6.45, 7) is 3.20. The minimum Gasteiger partial charge on any atom is -0.383 e. The normalized spacial score (nSPS) is 23.4. The highest BCUT2D eigenvalue weighted by atomic mass is 19.1. The molecular weight excluding hydrogens is 249 g/mol. The lowest BCUT2D eigenvalue weighted by Gasteiger charge is -2.36. The number of carbonyl (C=O) groups is 1. The second-order valence-electron chi connectivity index (χ2n) is 4.88. The predicted octanol–water partition coefficient (Wildman–Crippen LogP) is 1.30. The topological polar surface area (TPSA) is 68.5 Å². The maximum absolute atomic E-state index is 13.2. The molecule has 1 aromatic rings. The first kappa shape index (κ1) is 13.7. The third kappa shape index (κ3) is 2.84. The van der Waals surface area contributed by atoms with E-state index in [0.29, 0.717) is 19.0 Å². The zero-order chi connectivity index (χ0) is 14.0. The maximum atomic E-state index is 13.2. The van der Waals surface area contributed by atoms with Gasteiger partial charge in [0.25, 0.3) is 5.91 Å². The Hall–Kier alpha value is -1.69. The van der Waals surface area contributed by atoms with Gasteiger partial charge in [-0.3, -0.25) is 4.79 Å². The summed E-state index contributed by atoms with van der Waals surface area (Å²) in [4.78, 5) is 17.6. The molecule has 104 valence electrons. The summed E-state index contributed by atoms with van der Waals surface area (Å²) in [7, 11) is 1.63. The summed E-state index contributed by atoms with van der Waals surface area (Å²) in [5.41, 5.74) is 5.75. The monoisotopic (exact) mass is 267 g/mol. The molecule has 0 aromatic carbocycles. The van der Waals surface area contributed by atoms with E-state index < -0.39 is 5.82 Å². The van der Waals surface area contributed by atoms with E-state index in [9.17, 15) is 9.18 Å². The summed E-state index contributed by atoms with van der Waals surface area (Å²) >= 11 is 0. The number of carbonyl (C=O) groups excluding carboxylic acids is 1. The number of hydrogen-bond acceptors (Lipinski definition) is 4. The molecule has 1 saturated heterocycles. The number of ether oxygens (including phenoxy) is 1. The Balaban J connectivity index is 2.18. The molecule has 2 rings (SSSR count). The van der Waals surface area contributed by atoms with Gasteiger partial charge in [0.2, 0.25) is 0 Å². The number of methoxy groups -OCH3 is 1. The molecule has 1 fully saturated rings. The van der Waals surface area contributed by atoms with Crippen LogP contribution in [0, 0.1) is 11.7 Å². The Bertz CT molecular complexity index is 481. The second-order valence-corrected chi connectivity index (χ2v) is 4.88. The van der Waals surface area contributed by atoms with Gasteiger partial charge in [-0.05, 0) is 18.4 Å². The van der Waals surface area contributed by atoms with E-state index in [1.807, 2.05) is 0 Å². The second kappa shape index (κ2) is 5.52. The number of nitrogens with zero attached hydrogens (tertiary/aromatic N) is 2. The zero-order valence-electron chi connectivity index (χ0n) is 11.1. The summed E-state index contributed by atoms with van der Waals surface area (Å²) in [6.07, 6.45) is 1.86. The number of rotatable bonds is 2. The fourth-order valence-corrected chi connectivity index (χ4v) is 2.32. The number of pyridine rings is 1. The van der Waals surface area contributed by atoms with Crippen molar-refractivity contribution in [3.63, 3.8) is 0 Å². The van der Waals surface area contributed by atoms with E-state index in [2.05, 4.69) is 11.9 Å². The van der Waals surface area contributed by atoms with Crippen molar-refractivity contribution in [2.24, 2.45) is 5.92 Å². The van der Waals surface area contributed by atoms with Gasteiger partial charge in [0, 0.05) is 20.2 Å². The molecule has 0 bridgehead atoms. The van der Waals surface area contributed by atoms with E-state index in [1.54, 1.807) is 12.0 Å². The number of piperidine rings is 1. The SMILES string of the molecule is COC1CN(C(=O)c2cc(F)cnc2N)CCC1C. The standard InChI is InChI=1S/C13H18FN3O2/c1-8-3-4-17(7-11(8)19-2)13(18)10-5-9(14)6-16-12(10)15/h5-6,8,11H,3-4,7H2,1-2H3,(H2,15,16). The van der Waals surface area contributed by atoms with Crippen molar-refractivity contribution >= 4 is 11.7 Å². The van der Waals surface area contributed by atoms with E-state index in [0.717, 1.165) is 18.7 Å². The van der Waals surface area contributed by atoms with Gasteiger partial charge in [-0.1, -0.05) is 6.92 Å². The van der Waals surface area contributed by atoms with Crippen LogP contribution in [0.3, 0.4) is 0 Å². The first-order chi connectivity index (χ1) is 9.02. The Morgan fingerprint density at radius 3 is 3.05 bits per heavy atom. The van der Waals surface area contributed by atoms with Gasteiger partial charge < -0.3 is 15.4 Å². The fourth-order valence-electron chi connectivity index (χ4n) is 2.32. The number of likely N-dealkylation sites (tertiary alicyclic amines) is 1. The zero-order valence-corrected chi connectivity index (χ0v) is 11.1. The molecule has 2 unspecified atom stereocenters. The average Bonchev–Trinajstić information content (AvgIpc) is 2.41. The van der Waals surface area contributed by atoms with Crippen LogP contribution in [0.2, 0.25) is 0 Å². The Labute approximate surface area is 111 Å². The minimum atomic E-state index is -0.564. The summed E-state index contributed by atoms with van der Waals surface area (Å²) in [6, 6.07) is 1.13. The van der Waals surface area contributed by atoms with Crippen molar-refractivity contribution < 1.29 is 13.9 Å². The lowest BCUT2D eigenvalue weighted by Crippen LogP contribution is -2.46. The van der Waals surface area contributed by atoms with Crippen LogP contribution in [0.1, 0.15) is 23.7 Å². The molecule has 0 saturated carbocycles. The lowest BCUT2D eigenvalue weighted by molar-refractivity contribution is -0.00155. The molecule has 0 radical (unpaired) electrons. The quantitative estimate of drug-likeness (QED) is 0.877. The molecule has 0 aliphatic carbocycles. The fraction of sp³-hybridized carbons (Fsp3) is 0.538. The van der Waals surface area contributed by atoms with Crippen LogP contribution in [0.5, 0.6) is 0 Å². The van der Waals surface area contributed by atoms with Crippen molar-refractivity contribution in [2.75, 3.05) is 25.9 Å². The number of anilines is 1. The van der Waals surface area contributed by atoms with Gasteiger partial charge in [-0.2, -0.15) is 0 Å². The van der Waals surface area contributed by atoms with Gasteiger partial charge in [-0.15, -0.1) is 0 Å². The van der Waals surface area contributed by atoms with Crippen LogP contribution >= 0.6 is 0 Å². The maximum Gasteiger partial charge on any atom is 0.257 e. The molecule has 6 heteroatoms. The molecule has 1 aromatic heterocycles. The molecular formula is C13H18FN3O2. The van der Waals surface area contributed by atoms with Crippen LogP contribution in [0.25, 0.3) is 0 Å². The summed E-state index contributed by atoms with van der Waals surface area (Å²) < 4.78 is 18.5. The first-order valence-electron chi connectivity index (χ1n) is 6.26. The number of hydrogen-bond donors (Lipinski definition) is 1. The van der Waals surface area contributed by atoms with Crippen molar-refractivity contribution in [1.29, 1.82) is 0 Å². The van der Waals surface area contributed by atoms with Crippen molar-refractivity contribution in [2.45, 2.75) is 19.4 Å². The number of aromatic nitrogens is 1. The highest BCUT2D eigenvalue weighted by Gasteiger charge is 2.30. The van der Waals surface area contributed by atoms with Gasteiger partial charge >= 0.3 is 0 Å². The molecule has 2 heterocycles. The average molecular weight is 267 g/mol. The van der Waals surface area contributed by atoms with Gasteiger partial charge in [0.1, 0.15) is 11.6 Å². The molecule has 5 nitrogen and oxygen atoms in total. The highest BCUT2D eigenvalue weighted by molar-refractivity contribution is 5.98. The third-order valence-corrected chi connectivity index (χ3v) is 3.59. The Morgan fingerprint density at radius 1 is 1.63 bits per heavy atom. The van der Waals surface area contributed by atoms with Crippen molar-refractivity contribution in [3.8, 4) is 0 Å². The molecule has 1 aliphatic rings. The van der Waals surface area contributed by atoms with Crippen molar-refractivity contribution in [3.05, 3.63) is 23.6 Å². The Morgan fingerprint density at radius 2 is 2.37 bits per heavy atom. The molecule has 2 N–H and O–H groups in total. The van der Waals surface area contributed by atoms with Crippen molar-refractivity contribution in [1.82, 2.24) is 9.88 Å². The molecule has 2 atom stereocenters. The first-order valence-corrected chi connectivity index (χ1v) is 6.26. The number of nitrogen functional groups attached to an aromatic ring is 1. The van der Waals surface area contributed by atoms with E-state index >= 15 is 0 Å². The number of amides is 1. The largest absolute Gasteiger partial charge is 0.383 e. The minimum absolute atomic E-state index is 0.000410. The van der Waals surface area contributed by atoms with Crippen LogP contribution in [0.15, 0.2) is 12.3 Å². The Kier molecular flexibility index (Phi) is 3.99. The molecule has 0 spiro atoms. The lowest BCUT2D eigenvalue weighted by atomic mass is 9.95. The summed E-state index contributed by atoms with van der Waals surface area (Å²) in [5, 5.41) is 0. The predicted molar refractivity (Wildman–Crippen MR) is 69.1 cm³/mol. The third-order valence-electron chi connectivity index (χ3n) is 3.59. The molecule has 1 aliphatic heterocycles. The van der Waals surface area contributed by atoms with Crippen LogP contribution in [-0.2, 0) is 4.74 Å². The number of nitrogens with two attached hydrogens (primary N) is 1. The van der Waals surface area contributed by atoms with Crippen LogP contribution in [-0.4, -0.2) is 42.1 Å². The van der Waals surface area contributed by atoms with Gasteiger partial charge in [0.15, 0.2) is 0 Å². The molecule has 1 amide bonds. The highest BCUT2D eigenvalue weighted by Crippen LogP contribution is 2.22. The number of halogens is 1. The van der Waals surface area contributed by atoms with Gasteiger partial charge in [-0.25, -0.2) is 9.37 Å². The van der Waals surface area contributed by atoms with E-state index in [-0.39, 0.29) is 23.4 Å².